The molecule has 0 spiro atoms. The van der Waals surface area contributed by atoms with Crippen molar-refractivity contribution in [1.82, 2.24) is 4.90 Å². The Bertz CT molecular complexity index is 353. The van der Waals surface area contributed by atoms with Crippen molar-refractivity contribution in [3.63, 3.8) is 0 Å². The van der Waals surface area contributed by atoms with E-state index in [1.54, 1.807) is 11.8 Å². The number of nitrogens with zero attached hydrogens (tertiary/aromatic N) is 2. The van der Waals surface area contributed by atoms with E-state index in [0.717, 1.165) is 5.17 Å². The normalized spacial score (nSPS) is 33.1. The Morgan fingerprint density at radius 1 is 1.43 bits per heavy atom. The highest BCUT2D eigenvalue weighted by Crippen LogP contribution is 2.34. The van der Waals surface area contributed by atoms with E-state index in [-0.39, 0.29) is 34.0 Å². The van der Waals surface area contributed by atoms with Crippen molar-refractivity contribution < 1.29 is 8.42 Å². The van der Waals surface area contributed by atoms with Gasteiger partial charge in [0.25, 0.3) is 0 Å². The van der Waals surface area contributed by atoms with Gasteiger partial charge in [0.1, 0.15) is 0 Å². The number of rotatable bonds is 0. The van der Waals surface area contributed by atoms with Crippen LogP contribution < -0.4 is 0 Å². The van der Waals surface area contributed by atoms with Crippen LogP contribution in [0.15, 0.2) is 4.99 Å². The summed E-state index contributed by atoms with van der Waals surface area (Å²) in [4.78, 5) is 6.31. The van der Waals surface area contributed by atoms with E-state index >= 15 is 0 Å². The molecule has 14 heavy (non-hydrogen) atoms. The van der Waals surface area contributed by atoms with Crippen LogP contribution in [0.4, 0.5) is 0 Å². The van der Waals surface area contributed by atoms with Gasteiger partial charge in [0, 0.05) is 19.3 Å². The maximum Gasteiger partial charge on any atom is 0.159 e. The summed E-state index contributed by atoms with van der Waals surface area (Å²) in [7, 11) is 1.06. The van der Waals surface area contributed by atoms with E-state index in [2.05, 4.69) is 4.99 Å². The summed E-state index contributed by atoms with van der Waals surface area (Å²) in [6.45, 7) is 0. The van der Waals surface area contributed by atoms with Crippen LogP contribution in [-0.4, -0.2) is 55.4 Å². The Morgan fingerprint density at radius 2 is 2.07 bits per heavy atom. The van der Waals surface area contributed by atoms with Gasteiger partial charge in [-0.15, -0.1) is 17.0 Å². The Hall–Kier alpha value is 0.250. The highest BCUT2D eigenvalue weighted by atomic mass is 79.9. The van der Waals surface area contributed by atoms with Crippen LogP contribution in [0.2, 0.25) is 0 Å². The van der Waals surface area contributed by atoms with Crippen molar-refractivity contribution in [2.24, 2.45) is 4.99 Å². The molecule has 2 aliphatic heterocycles. The Kier molecular flexibility index (Phi) is 3.53. The van der Waals surface area contributed by atoms with E-state index in [9.17, 15) is 8.42 Å². The van der Waals surface area contributed by atoms with Crippen molar-refractivity contribution in [2.75, 3.05) is 25.6 Å². The highest BCUT2D eigenvalue weighted by Gasteiger charge is 2.42. The fourth-order valence-electron chi connectivity index (χ4n) is 1.56. The molecule has 2 rings (SSSR count). The SMILES string of the molecule is Br.CN(C)C1=NC2CS(=O)(=O)CC2S1. The van der Waals surface area contributed by atoms with Crippen molar-refractivity contribution >= 4 is 43.7 Å². The van der Waals surface area contributed by atoms with Gasteiger partial charge in [-0.05, 0) is 0 Å². The standard InChI is InChI=1S/C7H12N2O2S2.BrH/c1-9(2)7-8-5-3-13(10,11)4-6(5)12-7;/h5-6H,3-4H2,1-2H3;1H. The second-order valence-electron chi connectivity index (χ2n) is 3.61. The van der Waals surface area contributed by atoms with Gasteiger partial charge in [0.2, 0.25) is 0 Å². The zero-order valence-electron chi connectivity index (χ0n) is 8.00. The van der Waals surface area contributed by atoms with Gasteiger partial charge in [0.05, 0.1) is 17.5 Å². The average molecular weight is 301 g/mol. The van der Waals surface area contributed by atoms with Gasteiger partial charge >= 0.3 is 0 Å². The van der Waals surface area contributed by atoms with E-state index in [4.69, 9.17) is 0 Å². The van der Waals surface area contributed by atoms with Crippen LogP contribution in [0.3, 0.4) is 0 Å². The van der Waals surface area contributed by atoms with Crippen LogP contribution >= 0.6 is 28.7 Å². The minimum Gasteiger partial charge on any atom is -0.358 e. The third-order valence-electron chi connectivity index (χ3n) is 2.19. The summed E-state index contributed by atoms with van der Waals surface area (Å²) in [6.07, 6.45) is 0. The quantitative estimate of drug-likeness (QED) is 0.650. The molecule has 2 unspecified atom stereocenters. The molecule has 2 atom stereocenters. The van der Waals surface area contributed by atoms with Gasteiger partial charge in [-0.3, -0.25) is 4.99 Å². The molecule has 1 saturated heterocycles. The van der Waals surface area contributed by atoms with Gasteiger partial charge in [-0.25, -0.2) is 8.42 Å². The lowest BCUT2D eigenvalue weighted by Crippen LogP contribution is -2.18. The topological polar surface area (TPSA) is 49.7 Å². The second-order valence-corrected chi connectivity index (χ2v) is 6.97. The molecule has 2 heterocycles. The molecule has 0 aromatic carbocycles. The van der Waals surface area contributed by atoms with Crippen LogP contribution in [0.5, 0.6) is 0 Å². The van der Waals surface area contributed by atoms with Crippen LogP contribution in [0, 0.1) is 0 Å². The van der Waals surface area contributed by atoms with Crippen LogP contribution in [0.1, 0.15) is 0 Å². The molecule has 0 aromatic heterocycles. The van der Waals surface area contributed by atoms with Gasteiger partial charge in [-0.2, -0.15) is 0 Å². The molecule has 4 nitrogen and oxygen atoms in total. The smallest absolute Gasteiger partial charge is 0.159 e. The number of thioether (sulfide) groups is 1. The monoisotopic (exact) mass is 300 g/mol. The first-order valence-electron chi connectivity index (χ1n) is 4.10. The second kappa shape index (κ2) is 4.02. The summed E-state index contributed by atoms with van der Waals surface area (Å²) in [5.41, 5.74) is 0. The lowest BCUT2D eigenvalue weighted by atomic mass is 10.3. The molecule has 0 N–H and O–H groups in total. The summed E-state index contributed by atoms with van der Waals surface area (Å²) in [5, 5.41) is 1.13. The molecule has 0 saturated carbocycles. The predicted molar refractivity (Wildman–Crippen MR) is 65.3 cm³/mol. The van der Waals surface area contributed by atoms with E-state index in [1.165, 1.54) is 0 Å². The molecule has 82 valence electrons. The summed E-state index contributed by atoms with van der Waals surface area (Å²) in [5.74, 6) is 0.533. The molecule has 0 radical (unpaired) electrons. The molecule has 2 aliphatic rings. The average Bonchev–Trinajstić information content (AvgIpc) is 2.39. The lowest BCUT2D eigenvalue weighted by Gasteiger charge is -2.11. The largest absolute Gasteiger partial charge is 0.358 e. The van der Waals surface area contributed by atoms with Gasteiger partial charge in [0.15, 0.2) is 15.0 Å². The number of aliphatic imine (C=N–C) groups is 1. The number of hydrogen-bond acceptors (Lipinski definition) is 5. The third-order valence-corrected chi connectivity index (χ3v) is 5.58. The molecule has 7 heteroatoms. The molecule has 1 fully saturated rings. The number of amidine groups is 1. The minimum absolute atomic E-state index is 0. The summed E-state index contributed by atoms with van der Waals surface area (Å²) < 4.78 is 22.4. The van der Waals surface area contributed by atoms with E-state index in [1.807, 2.05) is 19.0 Å². The minimum atomic E-state index is -2.80. The Balaban J connectivity index is 0.000000980. The fraction of sp³-hybridized carbons (Fsp3) is 0.857. The zero-order chi connectivity index (χ0) is 9.64. The summed E-state index contributed by atoms with van der Waals surface area (Å²) >= 11 is 1.59. The molecular formula is C7H13BrN2O2S2. The Morgan fingerprint density at radius 3 is 2.57 bits per heavy atom. The number of sulfone groups is 1. The Labute approximate surface area is 98.8 Å². The first kappa shape index (κ1) is 12.3. The molecule has 0 aromatic rings. The van der Waals surface area contributed by atoms with E-state index in [0.29, 0.717) is 5.75 Å². The molecule has 0 amide bonds. The highest BCUT2D eigenvalue weighted by molar-refractivity contribution is 8.93. The number of halogens is 1. The maximum atomic E-state index is 11.2. The molecule has 0 aliphatic carbocycles. The van der Waals surface area contributed by atoms with Crippen molar-refractivity contribution in [3.05, 3.63) is 0 Å². The van der Waals surface area contributed by atoms with Gasteiger partial charge < -0.3 is 4.90 Å². The molecule has 0 bridgehead atoms. The lowest BCUT2D eigenvalue weighted by molar-refractivity contribution is 0.600. The summed E-state index contributed by atoms with van der Waals surface area (Å²) in [6, 6.07) is 0.00685. The van der Waals surface area contributed by atoms with Crippen molar-refractivity contribution in [2.45, 2.75) is 11.3 Å². The first-order valence-corrected chi connectivity index (χ1v) is 6.80. The van der Waals surface area contributed by atoms with Crippen LogP contribution in [-0.2, 0) is 9.84 Å². The zero-order valence-corrected chi connectivity index (χ0v) is 11.4. The number of fused-ring (bicyclic) bond motifs is 1. The van der Waals surface area contributed by atoms with Crippen molar-refractivity contribution in [3.8, 4) is 0 Å². The van der Waals surface area contributed by atoms with Gasteiger partial charge in [-0.1, -0.05) is 11.8 Å². The maximum absolute atomic E-state index is 11.2. The van der Waals surface area contributed by atoms with Crippen molar-refractivity contribution in [1.29, 1.82) is 0 Å². The van der Waals surface area contributed by atoms with Crippen LogP contribution in [0.25, 0.3) is 0 Å². The number of hydrogen-bond donors (Lipinski definition) is 0. The predicted octanol–water partition coefficient (Wildman–Crippen LogP) is 0.394. The third kappa shape index (κ3) is 2.25. The van der Waals surface area contributed by atoms with E-state index < -0.39 is 9.84 Å². The fourth-order valence-corrected chi connectivity index (χ4v) is 5.25. The molecular weight excluding hydrogens is 288 g/mol. The first-order chi connectivity index (χ1) is 5.98.